The van der Waals surface area contributed by atoms with Gasteiger partial charge in [-0.05, 0) is 56.8 Å². The van der Waals surface area contributed by atoms with E-state index in [1.807, 2.05) is 6.07 Å². The fourth-order valence-electron chi connectivity index (χ4n) is 4.28. The average Bonchev–Trinajstić information content (AvgIpc) is 3.01. The molecule has 6 nitrogen and oxygen atoms in total. The second-order valence-electron chi connectivity index (χ2n) is 8.48. The molecule has 0 saturated carbocycles. The lowest BCUT2D eigenvalue weighted by Gasteiger charge is -2.33. The fraction of sp³-hybridized carbons (Fsp3) is 0.667. The molecule has 1 aromatic carbocycles. The molecule has 2 aliphatic heterocycles. The number of rotatable bonds is 8. The molecular weight excluding hydrogens is 374 g/mol. The molecule has 28 heavy (non-hydrogen) atoms. The van der Waals surface area contributed by atoms with Crippen LogP contribution in [-0.4, -0.2) is 75.4 Å². The van der Waals surface area contributed by atoms with Gasteiger partial charge in [0.15, 0.2) is 9.84 Å². The Balaban J connectivity index is 1.31. The van der Waals surface area contributed by atoms with Crippen molar-refractivity contribution in [2.24, 2.45) is 11.8 Å². The molecule has 0 radical (unpaired) electrons. The molecule has 2 saturated heterocycles. The Labute approximate surface area is 169 Å². The molecule has 1 unspecified atom stereocenters. The molecule has 1 N–H and O–H groups in total. The van der Waals surface area contributed by atoms with Gasteiger partial charge in [0, 0.05) is 19.6 Å². The van der Waals surface area contributed by atoms with Crippen molar-refractivity contribution < 1.29 is 13.2 Å². The van der Waals surface area contributed by atoms with E-state index in [-0.39, 0.29) is 23.3 Å². The lowest BCUT2D eigenvalue weighted by Crippen LogP contribution is -2.44. The summed E-state index contributed by atoms with van der Waals surface area (Å²) in [6, 6.07) is 10.5. The van der Waals surface area contributed by atoms with Crippen LogP contribution in [0.4, 0.5) is 0 Å². The van der Waals surface area contributed by atoms with Crippen LogP contribution in [0.25, 0.3) is 0 Å². The molecule has 0 bridgehead atoms. The summed E-state index contributed by atoms with van der Waals surface area (Å²) in [4.78, 5) is 16.8. The zero-order valence-corrected chi connectivity index (χ0v) is 17.7. The highest BCUT2D eigenvalue weighted by molar-refractivity contribution is 7.91. The van der Waals surface area contributed by atoms with E-state index in [9.17, 15) is 13.2 Å². The number of piperidine rings is 1. The van der Waals surface area contributed by atoms with Crippen LogP contribution in [0.5, 0.6) is 0 Å². The summed E-state index contributed by atoms with van der Waals surface area (Å²) in [5.41, 5.74) is 1.34. The number of carbonyl (C=O) groups is 1. The highest BCUT2D eigenvalue weighted by Crippen LogP contribution is 2.19. The first kappa shape index (κ1) is 21.3. The molecule has 2 heterocycles. The number of sulfone groups is 1. The summed E-state index contributed by atoms with van der Waals surface area (Å²) in [5, 5.41) is 2.93. The van der Waals surface area contributed by atoms with Gasteiger partial charge in [-0.25, -0.2) is 8.42 Å². The number of benzene rings is 1. The normalized spacial score (nSPS) is 23.1. The summed E-state index contributed by atoms with van der Waals surface area (Å²) in [6.07, 6.45) is 2.91. The van der Waals surface area contributed by atoms with Crippen LogP contribution in [0.1, 0.15) is 24.8 Å². The van der Waals surface area contributed by atoms with Crippen molar-refractivity contribution in [1.82, 2.24) is 15.1 Å². The first-order valence-electron chi connectivity index (χ1n) is 10.3. The van der Waals surface area contributed by atoms with Crippen molar-refractivity contribution in [1.29, 1.82) is 0 Å². The largest absolute Gasteiger partial charge is 0.355 e. The van der Waals surface area contributed by atoms with Crippen LogP contribution in [0, 0.1) is 11.8 Å². The van der Waals surface area contributed by atoms with Gasteiger partial charge in [0.05, 0.1) is 18.1 Å². The van der Waals surface area contributed by atoms with Crippen molar-refractivity contribution in [2.45, 2.75) is 25.8 Å². The predicted molar refractivity (Wildman–Crippen MR) is 112 cm³/mol. The maximum atomic E-state index is 12.2. The molecular formula is C21H33N3O3S. The summed E-state index contributed by atoms with van der Waals surface area (Å²) >= 11 is 0. The summed E-state index contributed by atoms with van der Waals surface area (Å²) in [6.45, 7) is 4.88. The minimum absolute atomic E-state index is 0.0175. The van der Waals surface area contributed by atoms with Crippen molar-refractivity contribution in [3.8, 4) is 0 Å². The molecule has 156 valence electrons. The molecule has 1 amide bonds. The number of amides is 1. The van der Waals surface area contributed by atoms with Crippen LogP contribution in [0.2, 0.25) is 0 Å². The van der Waals surface area contributed by atoms with Crippen LogP contribution in [0.3, 0.4) is 0 Å². The zero-order valence-electron chi connectivity index (χ0n) is 16.8. The third kappa shape index (κ3) is 6.87. The first-order valence-corrected chi connectivity index (χ1v) is 12.1. The molecule has 1 aromatic rings. The van der Waals surface area contributed by atoms with Gasteiger partial charge in [-0.2, -0.15) is 0 Å². The Hall–Kier alpha value is -1.44. The van der Waals surface area contributed by atoms with Gasteiger partial charge in [0.1, 0.15) is 0 Å². The van der Waals surface area contributed by atoms with E-state index < -0.39 is 9.84 Å². The van der Waals surface area contributed by atoms with Gasteiger partial charge < -0.3 is 10.2 Å². The fourth-order valence-corrected chi connectivity index (χ4v) is 6.14. The number of carbonyl (C=O) groups excluding carboxylic acids is 1. The lowest BCUT2D eigenvalue weighted by atomic mass is 9.96. The highest BCUT2D eigenvalue weighted by atomic mass is 32.2. The van der Waals surface area contributed by atoms with Gasteiger partial charge in [-0.1, -0.05) is 30.3 Å². The first-order chi connectivity index (χ1) is 13.4. The minimum Gasteiger partial charge on any atom is -0.355 e. The summed E-state index contributed by atoms with van der Waals surface area (Å²) < 4.78 is 23.0. The molecule has 0 aliphatic carbocycles. The van der Waals surface area contributed by atoms with Crippen molar-refractivity contribution in [2.75, 3.05) is 51.3 Å². The Bertz CT molecular complexity index is 731. The van der Waals surface area contributed by atoms with E-state index in [2.05, 4.69) is 46.4 Å². The second kappa shape index (κ2) is 9.85. The minimum atomic E-state index is -2.87. The molecule has 7 heteroatoms. The Morgan fingerprint density at radius 3 is 2.50 bits per heavy atom. The van der Waals surface area contributed by atoms with E-state index in [0.717, 1.165) is 39.0 Å². The summed E-state index contributed by atoms with van der Waals surface area (Å²) in [5.74, 6) is 1.26. The topological polar surface area (TPSA) is 69.7 Å². The van der Waals surface area contributed by atoms with Crippen LogP contribution < -0.4 is 5.32 Å². The molecule has 3 rings (SSSR count). The van der Waals surface area contributed by atoms with E-state index in [4.69, 9.17) is 0 Å². The van der Waals surface area contributed by atoms with Gasteiger partial charge in [-0.3, -0.25) is 9.69 Å². The van der Waals surface area contributed by atoms with Crippen molar-refractivity contribution >= 4 is 15.7 Å². The van der Waals surface area contributed by atoms with Crippen LogP contribution >= 0.6 is 0 Å². The third-order valence-corrected chi connectivity index (χ3v) is 7.69. The van der Waals surface area contributed by atoms with E-state index in [1.165, 1.54) is 5.56 Å². The number of hydrogen-bond acceptors (Lipinski definition) is 5. The number of likely N-dealkylation sites (tertiary alicyclic amines) is 1. The van der Waals surface area contributed by atoms with Crippen molar-refractivity contribution in [3.05, 3.63) is 35.9 Å². The molecule has 2 fully saturated rings. The van der Waals surface area contributed by atoms with Crippen LogP contribution in [0.15, 0.2) is 30.3 Å². The average molecular weight is 408 g/mol. The smallest absolute Gasteiger partial charge is 0.234 e. The molecule has 2 aliphatic rings. The number of nitrogens with one attached hydrogen (secondary N) is 1. The Morgan fingerprint density at radius 1 is 1.14 bits per heavy atom. The SMILES string of the molecule is CN(Cc1ccccc1)CC1CCN(CC(=O)NCC2CCS(=O)(=O)C2)CC1. The monoisotopic (exact) mass is 407 g/mol. The molecule has 0 aromatic heterocycles. The Kier molecular flexibility index (Phi) is 7.48. The zero-order chi connectivity index (χ0) is 20.0. The van der Waals surface area contributed by atoms with E-state index in [1.54, 1.807) is 0 Å². The molecule has 1 atom stereocenters. The van der Waals surface area contributed by atoms with Gasteiger partial charge in [0.25, 0.3) is 0 Å². The number of nitrogens with zero attached hydrogens (tertiary/aromatic N) is 2. The maximum Gasteiger partial charge on any atom is 0.234 e. The highest BCUT2D eigenvalue weighted by Gasteiger charge is 2.28. The maximum absolute atomic E-state index is 12.2. The standard InChI is InChI=1S/C21H33N3O3S/c1-23(14-18-5-3-2-4-6-18)15-19-7-10-24(11-8-19)16-21(25)22-13-20-9-12-28(26,27)17-20/h2-6,19-20H,7-17H2,1H3,(H,22,25). The Morgan fingerprint density at radius 2 is 1.86 bits per heavy atom. The van der Waals surface area contributed by atoms with Crippen molar-refractivity contribution in [3.63, 3.8) is 0 Å². The quantitative estimate of drug-likeness (QED) is 0.705. The molecule has 0 spiro atoms. The van der Waals surface area contributed by atoms with Crippen LogP contribution in [-0.2, 0) is 21.2 Å². The van der Waals surface area contributed by atoms with Gasteiger partial charge in [0.2, 0.25) is 5.91 Å². The number of hydrogen-bond donors (Lipinski definition) is 1. The lowest BCUT2D eigenvalue weighted by molar-refractivity contribution is -0.122. The van der Waals surface area contributed by atoms with E-state index in [0.29, 0.717) is 25.4 Å². The van der Waals surface area contributed by atoms with Gasteiger partial charge >= 0.3 is 0 Å². The van der Waals surface area contributed by atoms with Gasteiger partial charge in [-0.15, -0.1) is 0 Å². The third-order valence-electron chi connectivity index (χ3n) is 5.85. The summed E-state index contributed by atoms with van der Waals surface area (Å²) in [7, 11) is -0.696. The predicted octanol–water partition coefficient (Wildman–Crippen LogP) is 1.38. The second-order valence-corrected chi connectivity index (χ2v) is 10.7. The van der Waals surface area contributed by atoms with E-state index >= 15 is 0 Å².